The largest absolute Gasteiger partial charge is 0.506 e. The van der Waals surface area contributed by atoms with Crippen LogP contribution in [0.15, 0.2) is 24.3 Å². The van der Waals surface area contributed by atoms with Gasteiger partial charge in [-0.15, -0.1) is 0 Å². The van der Waals surface area contributed by atoms with Crippen LogP contribution >= 0.6 is 23.2 Å². The lowest BCUT2D eigenvalue weighted by Gasteiger charge is -2.05. The molecule has 2 aromatic carbocycles. The molecule has 3 N–H and O–H groups in total. The summed E-state index contributed by atoms with van der Waals surface area (Å²) >= 11 is 11.9. The predicted molar refractivity (Wildman–Crippen MR) is 73.1 cm³/mol. The van der Waals surface area contributed by atoms with Crippen LogP contribution in [-0.2, 0) is 0 Å². The fourth-order valence-electron chi connectivity index (χ4n) is 1.73. The number of aromatic hydroxyl groups is 1. The second kappa shape index (κ2) is 3.86. The number of hydrogen-bond donors (Lipinski definition) is 2. The Labute approximate surface area is 112 Å². The van der Waals surface area contributed by atoms with Crippen LogP contribution in [0.2, 0.25) is 10.0 Å². The van der Waals surface area contributed by atoms with Crippen molar-refractivity contribution >= 4 is 51.0 Å². The van der Waals surface area contributed by atoms with E-state index in [9.17, 15) is 5.11 Å². The zero-order chi connectivity index (χ0) is 12.9. The van der Waals surface area contributed by atoms with E-state index < -0.39 is 0 Å². The minimum Gasteiger partial charge on any atom is -0.506 e. The molecule has 0 amide bonds. The highest BCUT2D eigenvalue weighted by atomic mass is 35.5. The molecular formula is C12H7Cl2N3O. The second-order valence-electron chi connectivity index (χ2n) is 3.88. The minimum atomic E-state index is -0.0174. The minimum absolute atomic E-state index is 0.0174. The van der Waals surface area contributed by atoms with Gasteiger partial charge in [-0.3, -0.25) is 0 Å². The molecule has 3 aromatic rings. The third-order valence-corrected chi connectivity index (χ3v) is 3.35. The quantitative estimate of drug-likeness (QED) is 0.376. The van der Waals surface area contributed by atoms with Crippen molar-refractivity contribution in [2.24, 2.45) is 0 Å². The van der Waals surface area contributed by atoms with Crippen molar-refractivity contribution in [1.82, 2.24) is 9.97 Å². The fourth-order valence-corrected chi connectivity index (χ4v) is 2.04. The fraction of sp³-hybridized carbons (Fsp3) is 0. The first-order valence-electron chi connectivity index (χ1n) is 5.09. The Kier molecular flexibility index (Phi) is 2.43. The highest BCUT2D eigenvalue weighted by Gasteiger charge is 2.08. The third-order valence-electron chi connectivity index (χ3n) is 2.62. The van der Waals surface area contributed by atoms with Crippen LogP contribution in [0.4, 0.5) is 5.69 Å². The van der Waals surface area contributed by atoms with Crippen molar-refractivity contribution in [2.45, 2.75) is 0 Å². The smallest absolute Gasteiger partial charge is 0.140 e. The van der Waals surface area contributed by atoms with Crippen molar-refractivity contribution in [2.75, 3.05) is 5.73 Å². The number of benzene rings is 2. The zero-order valence-corrected chi connectivity index (χ0v) is 10.5. The molecule has 0 aliphatic carbocycles. The molecule has 0 aliphatic heterocycles. The van der Waals surface area contributed by atoms with E-state index in [0.717, 1.165) is 0 Å². The number of rotatable bonds is 0. The van der Waals surface area contributed by atoms with E-state index in [4.69, 9.17) is 28.9 Å². The predicted octanol–water partition coefficient (Wildman–Crippen LogP) is 3.38. The van der Waals surface area contributed by atoms with Crippen molar-refractivity contribution in [3.63, 3.8) is 0 Å². The van der Waals surface area contributed by atoms with E-state index in [-0.39, 0.29) is 11.4 Å². The van der Waals surface area contributed by atoms with Gasteiger partial charge < -0.3 is 10.8 Å². The maximum absolute atomic E-state index is 9.55. The highest BCUT2D eigenvalue weighted by molar-refractivity contribution is 6.42. The molecule has 0 atom stereocenters. The number of fused-ring (bicyclic) bond motifs is 2. The number of anilines is 1. The Hall–Kier alpha value is -1.78. The van der Waals surface area contributed by atoms with E-state index in [2.05, 4.69) is 9.97 Å². The van der Waals surface area contributed by atoms with Gasteiger partial charge in [-0.1, -0.05) is 23.2 Å². The molecule has 3 rings (SSSR count). The molecule has 0 saturated carbocycles. The van der Waals surface area contributed by atoms with E-state index in [1.807, 2.05) is 0 Å². The summed E-state index contributed by atoms with van der Waals surface area (Å²) in [6.07, 6.45) is 0. The average molecular weight is 280 g/mol. The normalized spacial score (nSPS) is 11.2. The van der Waals surface area contributed by atoms with Gasteiger partial charge in [-0.05, 0) is 18.2 Å². The van der Waals surface area contributed by atoms with E-state index in [1.165, 1.54) is 6.07 Å². The van der Waals surface area contributed by atoms with Crippen LogP contribution in [0.3, 0.4) is 0 Å². The molecule has 90 valence electrons. The van der Waals surface area contributed by atoms with Crippen LogP contribution in [0.5, 0.6) is 5.75 Å². The van der Waals surface area contributed by atoms with Crippen LogP contribution in [0, 0.1) is 0 Å². The maximum Gasteiger partial charge on any atom is 0.140 e. The standard InChI is InChI=1S/C12H7Cl2N3O/c13-5-1-8-9(2-6(5)14)17-11-4-12(18)7(15)3-10(11)16-8/h1-4,18H,15H2. The van der Waals surface area contributed by atoms with Gasteiger partial charge >= 0.3 is 0 Å². The molecular weight excluding hydrogens is 273 g/mol. The van der Waals surface area contributed by atoms with Gasteiger partial charge in [0.1, 0.15) is 5.75 Å². The second-order valence-corrected chi connectivity index (χ2v) is 4.69. The molecule has 6 heteroatoms. The van der Waals surface area contributed by atoms with Gasteiger partial charge in [-0.25, -0.2) is 9.97 Å². The lowest BCUT2D eigenvalue weighted by atomic mass is 10.2. The number of phenolic OH excluding ortho intramolecular Hbond substituents is 1. The van der Waals surface area contributed by atoms with Crippen LogP contribution < -0.4 is 5.73 Å². The molecule has 0 spiro atoms. The third kappa shape index (κ3) is 1.70. The molecule has 18 heavy (non-hydrogen) atoms. The molecule has 0 saturated heterocycles. The Balaban J connectivity index is 2.43. The summed E-state index contributed by atoms with van der Waals surface area (Å²) in [5.41, 5.74) is 8.26. The van der Waals surface area contributed by atoms with E-state index in [0.29, 0.717) is 32.1 Å². The first kappa shape index (κ1) is 11.3. The average Bonchev–Trinajstić information content (AvgIpc) is 2.31. The molecule has 0 radical (unpaired) electrons. The van der Waals surface area contributed by atoms with Crippen molar-refractivity contribution in [1.29, 1.82) is 0 Å². The van der Waals surface area contributed by atoms with Gasteiger partial charge in [0.25, 0.3) is 0 Å². The molecule has 0 fully saturated rings. The Morgan fingerprint density at radius 3 is 1.83 bits per heavy atom. The number of aromatic nitrogens is 2. The molecule has 0 unspecified atom stereocenters. The zero-order valence-electron chi connectivity index (χ0n) is 8.98. The summed E-state index contributed by atoms with van der Waals surface area (Å²) in [6.45, 7) is 0. The molecule has 1 aromatic heterocycles. The topological polar surface area (TPSA) is 72.0 Å². The van der Waals surface area contributed by atoms with Crippen molar-refractivity contribution in [3.8, 4) is 5.75 Å². The lowest BCUT2D eigenvalue weighted by molar-refractivity contribution is 0.478. The number of nitrogens with zero attached hydrogens (tertiary/aromatic N) is 2. The molecule has 0 aliphatic rings. The number of nitrogens with two attached hydrogens (primary N) is 1. The molecule has 4 nitrogen and oxygen atoms in total. The summed E-state index contributed by atoms with van der Waals surface area (Å²) < 4.78 is 0. The van der Waals surface area contributed by atoms with Crippen LogP contribution in [0.1, 0.15) is 0 Å². The number of phenols is 1. The van der Waals surface area contributed by atoms with Gasteiger partial charge in [0.2, 0.25) is 0 Å². The summed E-state index contributed by atoms with van der Waals surface area (Å²) in [6, 6.07) is 6.33. The lowest BCUT2D eigenvalue weighted by Crippen LogP contribution is -1.91. The van der Waals surface area contributed by atoms with Crippen molar-refractivity contribution in [3.05, 3.63) is 34.3 Å². The first-order chi connectivity index (χ1) is 8.54. The highest BCUT2D eigenvalue weighted by Crippen LogP contribution is 2.29. The van der Waals surface area contributed by atoms with Gasteiger partial charge in [-0.2, -0.15) is 0 Å². The van der Waals surface area contributed by atoms with Gasteiger partial charge in [0.15, 0.2) is 0 Å². The Morgan fingerprint density at radius 2 is 1.28 bits per heavy atom. The summed E-state index contributed by atoms with van der Waals surface area (Å²) in [5, 5.41) is 10.4. The van der Waals surface area contributed by atoms with Crippen LogP contribution in [0.25, 0.3) is 22.1 Å². The van der Waals surface area contributed by atoms with Gasteiger partial charge in [0, 0.05) is 6.07 Å². The maximum atomic E-state index is 9.55. The summed E-state index contributed by atoms with van der Waals surface area (Å²) in [4.78, 5) is 8.75. The summed E-state index contributed by atoms with van der Waals surface area (Å²) in [7, 11) is 0. The Bertz CT molecular complexity index is 660. The molecule has 1 heterocycles. The summed E-state index contributed by atoms with van der Waals surface area (Å²) in [5.74, 6) is -0.0174. The number of hydrogen-bond acceptors (Lipinski definition) is 4. The Morgan fingerprint density at radius 1 is 0.833 bits per heavy atom. The monoisotopic (exact) mass is 279 g/mol. The number of halogens is 2. The van der Waals surface area contributed by atoms with Crippen molar-refractivity contribution < 1.29 is 5.11 Å². The molecule has 0 bridgehead atoms. The van der Waals surface area contributed by atoms with E-state index >= 15 is 0 Å². The SMILES string of the molecule is Nc1cc2nc3cc(Cl)c(Cl)cc3nc2cc1O. The number of nitrogen functional groups attached to an aromatic ring is 1. The first-order valence-corrected chi connectivity index (χ1v) is 5.85. The van der Waals surface area contributed by atoms with Gasteiger partial charge in [0.05, 0.1) is 37.8 Å². The van der Waals surface area contributed by atoms with Crippen LogP contribution in [-0.4, -0.2) is 15.1 Å². The van der Waals surface area contributed by atoms with E-state index in [1.54, 1.807) is 18.2 Å².